The maximum atomic E-state index is 4.77. The van der Waals surface area contributed by atoms with Gasteiger partial charge in [-0.05, 0) is 54.9 Å². The van der Waals surface area contributed by atoms with Crippen molar-refractivity contribution in [2.75, 3.05) is 24.5 Å². The number of benzene rings is 1. The van der Waals surface area contributed by atoms with E-state index in [1.54, 1.807) is 0 Å². The summed E-state index contributed by atoms with van der Waals surface area (Å²) in [4.78, 5) is 16.6. The maximum absolute atomic E-state index is 4.77. The summed E-state index contributed by atoms with van der Waals surface area (Å²) in [7, 11) is 0. The number of hydrogen-bond donors (Lipinski definition) is 0. The normalized spacial score (nSPS) is 20.1. The topological polar surface area (TPSA) is 72.1 Å². The Balaban J connectivity index is 1.11. The van der Waals surface area contributed by atoms with Gasteiger partial charge in [0, 0.05) is 54.3 Å². The molecule has 2 atom stereocenters. The number of hydrogen-bond acceptors (Lipinski definition) is 6. The van der Waals surface area contributed by atoms with E-state index in [4.69, 9.17) is 15.0 Å². The number of aliphatic imine (C=N–C) groups is 1. The largest absolute Gasteiger partial charge is 0.340 e. The van der Waals surface area contributed by atoms with Gasteiger partial charge in [0.25, 0.3) is 0 Å². The molecule has 0 radical (unpaired) electrons. The molecule has 3 aromatic heterocycles. The lowest BCUT2D eigenvalue weighted by molar-refractivity contribution is 0.477. The van der Waals surface area contributed by atoms with Crippen molar-refractivity contribution in [3.05, 3.63) is 77.8 Å². The van der Waals surface area contributed by atoms with Crippen LogP contribution in [-0.4, -0.2) is 50.1 Å². The van der Waals surface area contributed by atoms with Gasteiger partial charge in [-0.15, -0.1) is 10.2 Å². The Hall–Kier alpha value is -3.87. The van der Waals surface area contributed by atoms with E-state index < -0.39 is 0 Å². The summed E-state index contributed by atoms with van der Waals surface area (Å²) in [5.74, 6) is 2.38. The van der Waals surface area contributed by atoms with E-state index in [1.807, 2.05) is 18.5 Å². The highest BCUT2D eigenvalue weighted by Crippen LogP contribution is 2.43. The van der Waals surface area contributed by atoms with Crippen molar-refractivity contribution in [1.82, 2.24) is 24.7 Å². The van der Waals surface area contributed by atoms with Gasteiger partial charge in [0.05, 0.1) is 23.5 Å². The molecule has 1 saturated carbocycles. The molecule has 39 heavy (non-hydrogen) atoms. The molecular formula is C32H35N7. The second-order valence-corrected chi connectivity index (χ2v) is 11.7. The molecule has 2 aliphatic heterocycles. The fourth-order valence-corrected chi connectivity index (χ4v) is 5.96. The third kappa shape index (κ3) is 4.54. The molecular weight excluding hydrogens is 482 g/mol. The zero-order valence-corrected chi connectivity index (χ0v) is 23.0. The SMILES string of the molecule is CC(C)[C@@H](C)C1=CC(c2cnc(N3CCC(c4cc5nnc(-c6ccccc6)cc5n4C4CC4)C3)nc2)=NC1. The summed E-state index contributed by atoms with van der Waals surface area (Å²) in [6.45, 7) is 9.48. The first kappa shape index (κ1) is 24.2. The van der Waals surface area contributed by atoms with E-state index in [0.29, 0.717) is 23.8 Å². The van der Waals surface area contributed by atoms with Crippen molar-refractivity contribution < 1.29 is 0 Å². The van der Waals surface area contributed by atoms with Gasteiger partial charge < -0.3 is 9.47 Å². The first-order chi connectivity index (χ1) is 19.0. The highest BCUT2D eigenvalue weighted by atomic mass is 15.3. The predicted octanol–water partition coefficient (Wildman–Crippen LogP) is 6.24. The van der Waals surface area contributed by atoms with Gasteiger partial charge in [-0.3, -0.25) is 4.99 Å². The first-order valence-corrected chi connectivity index (χ1v) is 14.3. The molecule has 0 spiro atoms. The Bertz CT molecular complexity index is 1560. The lowest BCUT2D eigenvalue weighted by Gasteiger charge is -2.18. The monoisotopic (exact) mass is 517 g/mol. The average molecular weight is 518 g/mol. The molecule has 1 aromatic carbocycles. The Morgan fingerprint density at radius 1 is 0.897 bits per heavy atom. The molecule has 0 amide bonds. The lowest BCUT2D eigenvalue weighted by atomic mass is 9.90. The Morgan fingerprint density at radius 2 is 1.69 bits per heavy atom. The van der Waals surface area contributed by atoms with E-state index in [0.717, 1.165) is 60.1 Å². The van der Waals surface area contributed by atoms with Gasteiger partial charge >= 0.3 is 0 Å². The number of allylic oxidation sites excluding steroid dienone is 1. The lowest BCUT2D eigenvalue weighted by Crippen LogP contribution is -2.22. The van der Waals surface area contributed by atoms with Gasteiger partial charge in [-0.1, -0.05) is 51.1 Å². The molecule has 1 aliphatic carbocycles. The van der Waals surface area contributed by atoms with Crippen LogP contribution in [0.1, 0.15) is 63.3 Å². The fourth-order valence-electron chi connectivity index (χ4n) is 5.96. The molecule has 1 saturated heterocycles. The second-order valence-electron chi connectivity index (χ2n) is 11.7. The van der Waals surface area contributed by atoms with Crippen LogP contribution in [-0.2, 0) is 0 Å². The number of fused-ring (bicyclic) bond motifs is 1. The number of aromatic nitrogens is 5. The second kappa shape index (κ2) is 9.70. The number of nitrogens with zero attached hydrogens (tertiary/aromatic N) is 7. The summed E-state index contributed by atoms with van der Waals surface area (Å²) < 4.78 is 2.55. The van der Waals surface area contributed by atoms with Crippen LogP contribution >= 0.6 is 0 Å². The summed E-state index contributed by atoms with van der Waals surface area (Å²) in [6.07, 6.45) is 9.66. The minimum atomic E-state index is 0.422. The van der Waals surface area contributed by atoms with Crippen LogP contribution < -0.4 is 4.90 Å². The van der Waals surface area contributed by atoms with Gasteiger partial charge in [-0.2, -0.15) is 0 Å². The van der Waals surface area contributed by atoms with Crippen molar-refractivity contribution in [1.29, 1.82) is 0 Å². The van der Waals surface area contributed by atoms with E-state index >= 15 is 0 Å². The highest BCUT2D eigenvalue weighted by Gasteiger charge is 2.34. The fraction of sp³-hybridized carbons (Fsp3) is 0.406. The third-order valence-electron chi connectivity index (χ3n) is 8.77. The van der Waals surface area contributed by atoms with Crippen molar-refractivity contribution in [3.63, 3.8) is 0 Å². The van der Waals surface area contributed by atoms with Gasteiger partial charge in [0.15, 0.2) is 0 Å². The third-order valence-corrected chi connectivity index (χ3v) is 8.77. The van der Waals surface area contributed by atoms with Crippen LogP contribution in [0.3, 0.4) is 0 Å². The molecule has 7 nitrogen and oxygen atoms in total. The molecule has 7 rings (SSSR count). The van der Waals surface area contributed by atoms with E-state index in [2.05, 4.69) is 82.9 Å². The maximum Gasteiger partial charge on any atom is 0.225 e. The predicted molar refractivity (Wildman–Crippen MR) is 156 cm³/mol. The molecule has 0 bridgehead atoms. The van der Waals surface area contributed by atoms with Crippen LogP contribution in [0.4, 0.5) is 5.95 Å². The molecule has 1 unspecified atom stereocenters. The van der Waals surface area contributed by atoms with Crippen LogP contribution in [0.15, 0.2) is 71.5 Å². The summed E-state index contributed by atoms with van der Waals surface area (Å²) in [5, 5.41) is 9.20. The van der Waals surface area contributed by atoms with E-state index in [-0.39, 0.29) is 0 Å². The zero-order chi connectivity index (χ0) is 26.5. The van der Waals surface area contributed by atoms with Crippen molar-refractivity contribution >= 4 is 22.7 Å². The molecule has 0 N–H and O–H groups in total. The zero-order valence-electron chi connectivity index (χ0n) is 23.0. The van der Waals surface area contributed by atoms with Crippen LogP contribution in [0.5, 0.6) is 0 Å². The van der Waals surface area contributed by atoms with Crippen LogP contribution in [0.25, 0.3) is 22.3 Å². The van der Waals surface area contributed by atoms with Crippen molar-refractivity contribution in [2.45, 2.75) is 52.0 Å². The van der Waals surface area contributed by atoms with Gasteiger partial charge in [0.2, 0.25) is 5.95 Å². The minimum absolute atomic E-state index is 0.422. The molecule has 198 valence electrons. The van der Waals surface area contributed by atoms with Crippen LogP contribution in [0.2, 0.25) is 0 Å². The minimum Gasteiger partial charge on any atom is -0.340 e. The van der Waals surface area contributed by atoms with Gasteiger partial charge in [0.1, 0.15) is 5.52 Å². The molecule has 4 aromatic rings. The van der Waals surface area contributed by atoms with Crippen LogP contribution in [0, 0.1) is 11.8 Å². The molecule has 7 heteroatoms. The Kier molecular flexibility index (Phi) is 6.02. The standard InChI is InChI=1S/C32H35N7/c1-20(2)21(3)24-13-27(33-16-24)25-17-34-32(35-18-25)38-12-11-23(19-38)30-15-29-31(39(30)26-9-10-26)14-28(36-37-29)22-7-5-4-6-8-22/h4-8,13-15,17-18,20-21,23,26H,9-12,16,19H2,1-3H3/t21-,23?/m1/s1. The molecule has 3 aliphatic rings. The Labute approximate surface area is 229 Å². The van der Waals surface area contributed by atoms with Crippen molar-refractivity contribution in [3.8, 4) is 11.3 Å². The highest BCUT2D eigenvalue weighted by molar-refractivity contribution is 6.10. The molecule has 2 fully saturated rings. The smallest absolute Gasteiger partial charge is 0.225 e. The van der Waals surface area contributed by atoms with Gasteiger partial charge in [-0.25, -0.2) is 9.97 Å². The summed E-state index contributed by atoms with van der Waals surface area (Å²) in [6, 6.07) is 15.4. The summed E-state index contributed by atoms with van der Waals surface area (Å²) >= 11 is 0. The van der Waals surface area contributed by atoms with E-state index in [1.165, 1.54) is 29.6 Å². The first-order valence-electron chi connectivity index (χ1n) is 14.3. The quantitative estimate of drug-likeness (QED) is 0.290. The van der Waals surface area contributed by atoms with Crippen molar-refractivity contribution in [2.24, 2.45) is 16.8 Å². The summed E-state index contributed by atoms with van der Waals surface area (Å²) in [5.41, 5.74) is 9.03. The molecule has 5 heterocycles. The average Bonchev–Trinajstić information content (AvgIpc) is 3.36. The number of anilines is 1. The Morgan fingerprint density at radius 3 is 2.44 bits per heavy atom. The van der Waals surface area contributed by atoms with E-state index in [9.17, 15) is 0 Å². The number of rotatable bonds is 7.